The number of nitrogens with zero attached hydrogens (tertiary/aromatic N) is 6. The summed E-state index contributed by atoms with van der Waals surface area (Å²) in [7, 11) is 0. The van der Waals surface area contributed by atoms with E-state index in [2.05, 4.69) is 40.2 Å². The summed E-state index contributed by atoms with van der Waals surface area (Å²) >= 11 is 0. The van der Waals surface area contributed by atoms with Crippen LogP contribution in [0.25, 0.3) is 28.2 Å². The Morgan fingerprint density at radius 2 is 1.86 bits per heavy atom. The van der Waals surface area contributed by atoms with Crippen LogP contribution in [0.3, 0.4) is 0 Å². The van der Waals surface area contributed by atoms with Gasteiger partial charge in [-0.05, 0) is 67.7 Å². The number of fused-ring (bicyclic) bond motifs is 1. The van der Waals surface area contributed by atoms with Crippen molar-refractivity contribution in [2.75, 3.05) is 13.1 Å². The van der Waals surface area contributed by atoms with Crippen molar-refractivity contribution >= 4 is 11.2 Å². The van der Waals surface area contributed by atoms with E-state index >= 15 is 0 Å². The van der Waals surface area contributed by atoms with Crippen LogP contribution >= 0.6 is 0 Å². The van der Waals surface area contributed by atoms with Gasteiger partial charge in [-0.3, -0.25) is 9.55 Å². The van der Waals surface area contributed by atoms with Crippen LogP contribution in [-0.4, -0.2) is 47.4 Å². The van der Waals surface area contributed by atoms with Gasteiger partial charge in [0.15, 0.2) is 11.5 Å². The molecule has 0 unspecified atom stereocenters. The quantitative estimate of drug-likeness (QED) is 0.370. The van der Waals surface area contributed by atoms with E-state index in [0.29, 0.717) is 29.5 Å². The van der Waals surface area contributed by atoms with Gasteiger partial charge in [0.2, 0.25) is 0 Å². The van der Waals surface area contributed by atoms with Gasteiger partial charge in [0.1, 0.15) is 5.52 Å². The van der Waals surface area contributed by atoms with E-state index in [4.69, 9.17) is 10.1 Å². The molecule has 4 aromatic heterocycles. The largest absolute Gasteiger partial charge is 0.328 e. The minimum Gasteiger partial charge on any atom is -0.317 e. The molecule has 1 aliphatic rings. The van der Waals surface area contributed by atoms with Gasteiger partial charge in [0, 0.05) is 23.9 Å². The van der Waals surface area contributed by atoms with Crippen molar-refractivity contribution in [2.24, 2.45) is 0 Å². The molecule has 1 aliphatic heterocycles. The zero-order chi connectivity index (χ0) is 25.4. The van der Waals surface area contributed by atoms with Gasteiger partial charge in [0.05, 0.1) is 29.8 Å². The number of piperidine rings is 1. The lowest BCUT2D eigenvalue weighted by atomic mass is 9.95. The average molecular weight is 495 g/mol. The zero-order valence-corrected chi connectivity index (χ0v) is 21.1. The SMILES string of the molecule is CC(C)c1ncccc1-c1ncc2[nH]c(=O)n(Cc3ccc(-n4ccc(C5CCNCC5)n4)cc3)c2n1. The number of H-pyrrole nitrogens is 1. The summed E-state index contributed by atoms with van der Waals surface area (Å²) in [6.07, 6.45) is 7.73. The Labute approximate surface area is 214 Å². The molecule has 0 bridgehead atoms. The second-order valence-corrected chi connectivity index (χ2v) is 9.91. The van der Waals surface area contributed by atoms with E-state index in [1.165, 1.54) is 0 Å². The number of benzene rings is 1. The summed E-state index contributed by atoms with van der Waals surface area (Å²) in [6.45, 7) is 6.69. The van der Waals surface area contributed by atoms with Gasteiger partial charge in [-0.25, -0.2) is 19.4 Å². The molecule has 37 heavy (non-hydrogen) atoms. The smallest absolute Gasteiger partial charge is 0.317 e. The first kappa shape index (κ1) is 23.3. The molecule has 0 radical (unpaired) electrons. The molecule has 1 aromatic carbocycles. The van der Waals surface area contributed by atoms with E-state index in [9.17, 15) is 4.79 Å². The first-order valence-corrected chi connectivity index (χ1v) is 12.8. The Hall–Kier alpha value is -4.11. The molecule has 9 nitrogen and oxygen atoms in total. The molecule has 6 rings (SSSR count). The Kier molecular flexibility index (Phi) is 6.13. The zero-order valence-electron chi connectivity index (χ0n) is 21.1. The fourth-order valence-corrected chi connectivity index (χ4v) is 5.04. The lowest BCUT2D eigenvalue weighted by molar-refractivity contribution is 0.451. The monoisotopic (exact) mass is 494 g/mol. The molecule has 5 heterocycles. The fraction of sp³-hybridized carbons (Fsp3) is 0.321. The standard InChI is InChI=1S/C28H30N8O/c1-18(2)25-22(4-3-12-30-25)26-31-16-24-27(33-26)35(28(37)32-24)17-19-5-7-21(8-6-19)36-15-11-23(34-36)20-9-13-29-14-10-20/h3-8,11-12,15-16,18,20,29H,9-10,13-14,17H2,1-2H3,(H,32,37). The second-order valence-electron chi connectivity index (χ2n) is 9.91. The van der Waals surface area contributed by atoms with Crippen molar-refractivity contribution in [3.63, 3.8) is 0 Å². The van der Waals surface area contributed by atoms with Crippen molar-refractivity contribution < 1.29 is 0 Å². The third-order valence-corrected chi connectivity index (χ3v) is 7.05. The summed E-state index contributed by atoms with van der Waals surface area (Å²) in [5.41, 5.74) is 5.95. The highest BCUT2D eigenvalue weighted by Gasteiger charge is 2.18. The summed E-state index contributed by atoms with van der Waals surface area (Å²) in [5.74, 6) is 1.31. The van der Waals surface area contributed by atoms with E-state index in [0.717, 1.165) is 54.1 Å². The number of pyridine rings is 1. The lowest BCUT2D eigenvalue weighted by Gasteiger charge is -2.20. The van der Waals surface area contributed by atoms with E-state index in [-0.39, 0.29) is 11.6 Å². The molecule has 0 saturated carbocycles. The molecule has 0 aliphatic carbocycles. The van der Waals surface area contributed by atoms with Crippen LogP contribution in [0.1, 0.15) is 55.5 Å². The molecule has 0 amide bonds. The highest BCUT2D eigenvalue weighted by molar-refractivity contribution is 5.73. The third kappa shape index (κ3) is 4.58. The summed E-state index contributed by atoms with van der Waals surface area (Å²) < 4.78 is 3.59. The minimum atomic E-state index is -0.209. The van der Waals surface area contributed by atoms with Crippen molar-refractivity contribution in [3.8, 4) is 17.1 Å². The minimum absolute atomic E-state index is 0.209. The van der Waals surface area contributed by atoms with Gasteiger partial charge in [-0.2, -0.15) is 5.10 Å². The van der Waals surface area contributed by atoms with E-state index < -0.39 is 0 Å². The van der Waals surface area contributed by atoms with Gasteiger partial charge in [-0.1, -0.05) is 26.0 Å². The highest BCUT2D eigenvalue weighted by Crippen LogP contribution is 2.26. The van der Waals surface area contributed by atoms with Crippen molar-refractivity contribution in [1.82, 2.24) is 39.6 Å². The topological polar surface area (TPSA) is 106 Å². The number of aromatic amines is 1. The molecule has 2 N–H and O–H groups in total. The molecule has 1 saturated heterocycles. The Balaban J connectivity index is 1.27. The van der Waals surface area contributed by atoms with Crippen molar-refractivity contribution in [2.45, 2.75) is 45.1 Å². The Morgan fingerprint density at radius 3 is 2.65 bits per heavy atom. The van der Waals surface area contributed by atoms with Crippen molar-refractivity contribution in [3.05, 3.63) is 88.5 Å². The van der Waals surface area contributed by atoms with Crippen LogP contribution in [-0.2, 0) is 6.54 Å². The number of aromatic nitrogens is 7. The number of hydrogen-bond donors (Lipinski definition) is 2. The Morgan fingerprint density at radius 1 is 1.05 bits per heavy atom. The molecule has 0 spiro atoms. The molecular weight excluding hydrogens is 464 g/mol. The van der Waals surface area contributed by atoms with Gasteiger partial charge >= 0.3 is 5.69 Å². The predicted molar refractivity (Wildman–Crippen MR) is 143 cm³/mol. The number of nitrogens with one attached hydrogen (secondary N) is 2. The summed E-state index contributed by atoms with van der Waals surface area (Å²) in [5, 5.41) is 8.24. The maximum atomic E-state index is 12.8. The fourth-order valence-electron chi connectivity index (χ4n) is 5.04. The number of imidazole rings is 1. The van der Waals surface area contributed by atoms with Gasteiger partial charge in [-0.15, -0.1) is 0 Å². The van der Waals surface area contributed by atoms with Crippen LogP contribution in [0.15, 0.2) is 65.8 Å². The van der Waals surface area contributed by atoms with Gasteiger partial charge in [0.25, 0.3) is 0 Å². The van der Waals surface area contributed by atoms with Crippen LogP contribution in [0.4, 0.5) is 0 Å². The summed E-state index contributed by atoms with van der Waals surface area (Å²) in [4.78, 5) is 29.5. The normalized spacial score (nSPS) is 14.6. The number of hydrogen-bond acceptors (Lipinski definition) is 6. The van der Waals surface area contributed by atoms with Crippen LogP contribution in [0, 0.1) is 0 Å². The molecule has 188 valence electrons. The molecule has 9 heteroatoms. The first-order valence-electron chi connectivity index (χ1n) is 12.8. The van der Waals surface area contributed by atoms with E-state index in [1.54, 1.807) is 17.0 Å². The van der Waals surface area contributed by atoms with Gasteiger partial charge < -0.3 is 10.3 Å². The third-order valence-electron chi connectivity index (χ3n) is 7.05. The summed E-state index contributed by atoms with van der Waals surface area (Å²) in [6, 6.07) is 14.1. The second kappa shape index (κ2) is 9.74. The highest BCUT2D eigenvalue weighted by atomic mass is 16.1. The van der Waals surface area contributed by atoms with Crippen LogP contribution < -0.4 is 11.0 Å². The average Bonchev–Trinajstić information content (AvgIpc) is 3.54. The predicted octanol–water partition coefficient (Wildman–Crippen LogP) is 4.01. The van der Waals surface area contributed by atoms with Crippen LogP contribution in [0.2, 0.25) is 0 Å². The Bertz CT molecular complexity index is 1590. The molecular formula is C28H30N8O. The first-order chi connectivity index (χ1) is 18.1. The maximum absolute atomic E-state index is 12.8. The van der Waals surface area contributed by atoms with Crippen LogP contribution in [0.5, 0.6) is 0 Å². The maximum Gasteiger partial charge on any atom is 0.328 e. The molecule has 5 aromatic rings. The van der Waals surface area contributed by atoms with E-state index in [1.807, 2.05) is 47.3 Å². The molecule has 1 fully saturated rings. The molecule has 0 atom stereocenters. The number of rotatable bonds is 6. The van der Waals surface area contributed by atoms with Crippen molar-refractivity contribution in [1.29, 1.82) is 0 Å². The lowest BCUT2D eigenvalue weighted by Crippen LogP contribution is -2.26.